The van der Waals surface area contributed by atoms with E-state index in [1.807, 2.05) is 6.92 Å². The van der Waals surface area contributed by atoms with Gasteiger partial charge in [-0.15, -0.1) is 0 Å². The van der Waals surface area contributed by atoms with Crippen molar-refractivity contribution in [3.05, 3.63) is 75.6 Å². The molecule has 1 aliphatic rings. The van der Waals surface area contributed by atoms with Gasteiger partial charge in [-0.1, -0.05) is 11.8 Å². The SMILES string of the molecule is CC1Cn2c(nc3cc(C#Cc4ccc(F)cc4)ccc3c2=O)CO1. The van der Waals surface area contributed by atoms with Crippen molar-refractivity contribution in [2.24, 2.45) is 0 Å². The Kier molecular flexibility index (Phi) is 3.83. The van der Waals surface area contributed by atoms with Gasteiger partial charge in [0.2, 0.25) is 0 Å². The van der Waals surface area contributed by atoms with E-state index in [0.717, 1.165) is 11.1 Å². The molecule has 4 rings (SSSR count). The number of fused-ring (bicyclic) bond motifs is 2. The highest BCUT2D eigenvalue weighted by Gasteiger charge is 2.19. The highest BCUT2D eigenvalue weighted by molar-refractivity contribution is 5.79. The molecule has 2 aromatic carbocycles. The molecule has 2 heterocycles. The summed E-state index contributed by atoms with van der Waals surface area (Å²) in [5, 5.41) is 0.574. The Bertz CT molecular complexity index is 1080. The van der Waals surface area contributed by atoms with E-state index in [2.05, 4.69) is 16.8 Å². The Labute approximate surface area is 143 Å². The summed E-state index contributed by atoms with van der Waals surface area (Å²) in [4.78, 5) is 17.2. The third-order valence-electron chi connectivity index (χ3n) is 4.17. The van der Waals surface area contributed by atoms with Gasteiger partial charge in [0, 0.05) is 11.1 Å². The van der Waals surface area contributed by atoms with Crippen LogP contribution in [0.2, 0.25) is 0 Å². The number of benzene rings is 2. The lowest BCUT2D eigenvalue weighted by Gasteiger charge is -2.23. The Morgan fingerprint density at radius 3 is 2.68 bits per heavy atom. The van der Waals surface area contributed by atoms with Crippen molar-refractivity contribution in [1.82, 2.24) is 9.55 Å². The second kappa shape index (κ2) is 6.15. The zero-order valence-corrected chi connectivity index (χ0v) is 13.6. The zero-order chi connectivity index (χ0) is 17.4. The van der Waals surface area contributed by atoms with Gasteiger partial charge in [-0.3, -0.25) is 9.36 Å². The first-order chi connectivity index (χ1) is 12.1. The molecule has 0 aliphatic carbocycles. The summed E-state index contributed by atoms with van der Waals surface area (Å²) in [5.74, 6) is 6.36. The normalized spacial score (nSPS) is 16.2. The predicted octanol–water partition coefficient (Wildman–Crippen LogP) is 2.85. The van der Waals surface area contributed by atoms with Gasteiger partial charge in [-0.05, 0) is 49.4 Å². The van der Waals surface area contributed by atoms with Gasteiger partial charge >= 0.3 is 0 Å². The Balaban J connectivity index is 1.75. The van der Waals surface area contributed by atoms with Crippen molar-refractivity contribution in [2.75, 3.05) is 0 Å². The van der Waals surface area contributed by atoms with E-state index in [1.54, 1.807) is 34.9 Å². The summed E-state index contributed by atoms with van der Waals surface area (Å²) in [6, 6.07) is 11.4. The maximum atomic E-state index is 12.9. The molecule has 1 aliphatic heterocycles. The minimum absolute atomic E-state index is 0.00491. The topological polar surface area (TPSA) is 44.1 Å². The van der Waals surface area contributed by atoms with Crippen LogP contribution >= 0.6 is 0 Å². The highest BCUT2D eigenvalue weighted by Crippen LogP contribution is 2.15. The van der Waals surface area contributed by atoms with Crippen molar-refractivity contribution in [3.63, 3.8) is 0 Å². The number of rotatable bonds is 0. The van der Waals surface area contributed by atoms with E-state index in [-0.39, 0.29) is 17.5 Å². The molecule has 0 N–H and O–H groups in total. The monoisotopic (exact) mass is 334 g/mol. The van der Waals surface area contributed by atoms with E-state index < -0.39 is 0 Å². The van der Waals surface area contributed by atoms with Crippen molar-refractivity contribution in [2.45, 2.75) is 26.2 Å². The van der Waals surface area contributed by atoms with Crippen LogP contribution < -0.4 is 5.56 Å². The van der Waals surface area contributed by atoms with Gasteiger partial charge in [0.15, 0.2) is 0 Å². The summed E-state index contributed by atoms with van der Waals surface area (Å²) in [7, 11) is 0. The minimum Gasteiger partial charge on any atom is -0.369 e. The standard InChI is InChI=1S/C20H15FN2O2/c1-13-11-23-19(12-25-13)22-18-10-15(6-9-17(18)20(23)24)3-2-14-4-7-16(21)8-5-14/h4-10,13H,11-12H2,1H3. The molecule has 5 heteroatoms. The van der Waals surface area contributed by atoms with Crippen LogP contribution in [-0.4, -0.2) is 15.7 Å². The van der Waals surface area contributed by atoms with Crippen molar-refractivity contribution in [1.29, 1.82) is 0 Å². The number of hydrogen-bond donors (Lipinski definition) is 0. The van der Waals surface area contributed by atoms with Crippen LogP contribution in [0.4, 0.5) is 4.39 Å². The second-order valence-corrected chi connectivity index (χ2v) is 6.05. The first-order valence-electron chi connectivity index (χ1n) is 8.03. The fourth-order valence-corrected chi connectivity index (χ4v) is 2.85. The summed E-state index contributed by atoms with van der Waals surface area (Å²) in [6.07, 6.45) is 0.00491. The predicted molar refractivity (Wildman–Crippen MR) is 92.6 cm³/mol. The molecule has 0 fully saturated rings. The van der Waals surface area contributed by atoms with Gasteiger partial charge < -0.3 is 4.74 Å². The zero-order valence-electron chi connectivity index (χ0n) is 13.6. The fourth-order valence-electron chi connectivity index (χ4n) is 2.85. The first kappa shape index (κ1) is 15.6. The summed E-state index contributed by atoms with van der Waals surface area (Å²) < 4.78 is 20.2. The second-order valence-electron chi connectivity index (χ2n) is 6.05. The molecule has 25 heavy (non-hydrogen) atoms. The molecule has 0 saturated carbocycles. The molecule has 3 aromatic rings. The van der Waals surface area contributed by atoms with E-state index in [9.17, 15) is 9.18 Å². The lowest BCUT2D eigenvalue weighted by Crippen LogP contribution is -2.35. The van der Waals surface area contributed by atoms with Crippen LogP contribution in [0.15, 0.2) is 47.3 Å². The maximum absolute atomic E-state index is 12.9. The molecular formula is C20H15FN2O2. The molecule has 0 amide bonds. The molecule has 1 atom stereocenters. The van der Waals surface area contributed by atoms with Crippen molar-refractivity contribution < 1.29 is 9.13 Å². The van der Waals surface area contributed by atoms with Crippen LogP contribution in [0.25, 0.3) is 10.9 Å². The van der Waals surface area contributed by atoms with Crippen LogP contribution in [0.1, 0.15) is 23.9 Å². The van der Waals surface area contributed by atoms with Crippen LogP contribution in [0.5, 0.6) is 0 Å². The molecule has 0 spiro atoms. The van der Waals surface area contributed by atoms with E-state index in [1.165, 1.54) is 12.1 Å². The first-order valence-corrected chi connectivity index (χ1v) is 8.03. The summed E-state index contributed by atoms with van der Waals surface area (Å²) >= 11 is 0. The largest absolute Gasteiger partial charge is 0.369 e. The van der Waals surface area contributed by atoms with Gasteiger partial charge in [-0.2, -0.15) is 0 Å². The third-order valence-corrected chi connectivity index (χ3v) is 4.17. The third kappa shape index (κ3) is 3.04. The Morgan fingerprint density at radius 2 is 1.88 bits per heavy atom. The number of halogens is 1. The number of nitrogens with zero attached hydrogens (tertiary/aromatic N) is 2. The van der Waals surface area contributed by atoms with E-state index >= 15 is 0 Å². The Hall–Kier alpha value is -2.97. The molecule has 0 bridgehead atoms. The van der Waals surface area contributed by atoms with Crippen LogP contribution in [-0.2, 0) is 17.9 Å². The van der Waals surface area contributed by atoms with Gasteiger partial charge in [0.25, 0.3) is 5.56 Å². The van der Waals surface area contributed by atoms with Crippen molar-refractivity contribution >= 4 is 10.9 Å². The quantitative estimate of drug-likeness (QED) is 0.594. The van der Waals surface area contributed by atoms with Gasteiger partial charge in [0.05, 0.1) is 23.6 Å². The maximum Gasteiger partial charge on any atom is 0.261 e. The van der Waals surface area contributed by atoms with Crippen LogP contribution in [0, 0.1) is 17.7 Å². The molecule has 1 unspecified atom stereocenters. The van der Waals surface area contributed by atoms with Gasteiger partial charge in [0.1, 0.15) is 18.2 Å². The molecule has 4 nitrogen and oxygen atoms in total. The lowest BCUT2D eigenvalue weighted by molar-refractivity contribution is 0.0117. The van der Waals surface area contributed by atoms with Crippen LogP contribution in [0.3, 0.4) is 0 Å². The Morgan fingerprint density at radius 1 is 1.16 bits per heavy atom. The molecule has 1 aromatic heterocycles. The lowest BCUT2D eigenvalue weighted by atomic mass is 10.1. The molecule has 0 radical (unpaired) electrons. The molecule has 0 saturated heterocycles. The van der Waals surface area contributed by atoms with E-state index in [0.29, 0.717) is 29.9 Å². The minimum atomic E-state index is -0.290. The number of aromatic nitrogens is 2. The average Bonchev–Trinajstić information content (AvgIpc) is 2.62. The summed E-state index contributed by atoms with van der Waals surface area (Å²) in [6.45, 7) is 2.79. The number of ether oxygens (including phenoxy) is 1. The average molecular weight is 334 g/mol. The number of hydrogen-bond acceptors (Lipinski definition) is 3. The summed E-state index contributed by atoms with van der Waals surface area (Å²) in [5.41, 5.74) is 2.04. The highest BCUT2D eigenvalue weighted by atomic mass is 19.1. The van der Waals surface area contributed by atoms with E-state index in [4.69, 9.17) is 4.74 Å². The smallest absolute Gasteiger partial charge is 0.261 e. The molecule has 124 valence electrons. The van der Waals surface area contributed by atoms with Crippen molar-refractivity contribution in [3.8, 4) is 11.8 Å². The molecular weight excluding hydrogens is 319 g/mol. The van der Waals surface area contributed by atoms with Gasteiger partial charge in [-0.25, -0.2) is 9.37 Å². The fraction of sp³-hybridized carbons (Fsp3) is 0.200.